The topological polar surface area (TPSA) is 35.0 Å². The molecule has 4 rings (SSSR count). The summed E-state index contributed by atoms with van der Waals surface area (Å²) in [7, 11) is 0. The SMILES string of the molecule is c1ccc(COc2ccc(-c3cnc4ccccc4n3)cc2)cc1. The van der Waals surface area contributed by atoms with Gasteiger partial charge in [0.05, 0.1) is 22.9 Å². The summed E-state index contributed by atoms with van der Waals surface area (Å²) in [6.07, 6.45) is 1.81. The molecule has 0 bridgehead atoms. The molecular formula is C21H16N2O. The molecule has 0 fully saturated rings. The molecule has 0 aliphatic heterocycles. The van der Waals surface area contributed by atoms with Crippen LogP contribution in [0.15, 0.2) is 85.1 Å². The maximum Gasteiger partial charge on any atom is 0.119 e. The summed E-state index contributed by atoms with van der Waals surface area (Å²) in [4.78, 5) is 9.13. The van der Waals surface area contributed by atoms with Crippen molar-refractivity contribution in [2.24, 2.45) is 0 Å². The summed E-state index contributed by atoms with van der Waals surface area (Å²) >= 11 is 0. The van der Waals surface area contributed by atoms with E-state index in [1.54, 1.807) is 0 Å². The van der Waals surface area contributed by atoms with E-state index < -0.39 is 0 Å². The molecule has 0 N–H and O–H groups in total. The molecule has 1 aromatic heterocycles. The maximum atomic E-state index is 5.82. The lowest BCUT2D eigenvalue weighted by Crippen LogP contribution is -1.95. The van der Waals surface area contributed by atoms with E-state index in [2.05, 4.69) is 22.1 Å². The monoisotopic (exact) mass is 312 g/mol. The van der Waals surface area contributed by atoms with Gasteiger partial charge < -0.3 is 4.74 Å². The van der Waals surface area contributed by atoms with Crippen molar-refractivity contribution in [3.8, 4) is 17.0 Å². The van der Waals surface area contributed by atoms with Gasteiger partial charge in [-0.05, 0) is 42.0 Å². The molecule has 1 heterocycles. The first kappa shape index (κ1) is 14.4. The van der Waals surface area contributed by atoms with Crippen LogP contribution in [0.4, 0.5) is 0 Å². The molecule has 3 nitrogen and oxygen atoms in total. The number of benzene rings is 3. The normalized spacial score (nSPS) is 10.7. The zero-order chi connectivity index (χ0) is 16.2. The zero-order valence-corrected chi connectivity index (χ0v) is 13.1. The van der Waals surface area contributed by atoms with Gasteiger partial charge >= 0.3 is 0 Å². The van der Waals surface area contributed by atoms with Crippen LogP contribution in [0.2, 0.25) is 0 Å². The Morgan fingerprint density at radius 3 is 2.21 bits per heavy atom. The minimum Gasteiger partial charge on any atom is -0.489 e. The summed E-state index contributed by atoms with van der Waals surface area (Å²) in [5.74, 6) is 0.844. The number of hydrogen-bond donors (Lipinski definition) is 0. The van der Waals surface area contributed by atoms with Gasteiger partial charge in [0.2, 0.25) is 0 Å². The van der Waals surface area contributed by atoms with Crippen LogP contribution >= 0.6 is 0 Å². The van der Waals surface area contributed by atoms with Crippen molar-refractivity contribution >= 4 is 11.0 Å². The smallest absolute Gasteiger partial charge is 0.119 e. The van der Waals surface area contributed by atoms with Crippen molar-refractivity contribution in [2.45, 2.75) is 6.61 Å². The van der Waals surface area contributed by atoms with Gasteiger partial charge in [0.15, 0.2) is 0 Å². The number of aromatic nitrogens is 2. The van der Waals surface area contributed by atoms with Gasteiger partial charge in [-0.3, -0.25) is 4.98 Å². The molecule has 0 aliphatic rings. The third-order valence-electron chi connectivity index (χ3n) is 3.85. The highest BCUT2D eigenvalue weighted by Gasteiger charge is 2.03. The molecule has 0 spiro atoms. The Balaban J connectivity index is 1.52. The van der Waals surface area contributed by atoms with E-state index >= 15 is 0 Å². The van der Waals surface area contributed by atoms with Gasteiger partial charge in [0.1, 0.15) is 12.4 Å². The van der Waals surface area contributed by atoms with Crippen molar-refractivity contribution in [1.29, 1.82) is 0 Å². The zero-order valence-electron chi connectivity index (χ0n) is 13.1. The second kappa shape index (κ2) is 6.50. The number of para-hydroxylation sites is 2. The molecule has 0 aliphatic carbocycles. The number of hydrogen-bond acceptors (Lipinski definition) is 3. The Labute approximate surface area is 140 Å². The Bertz CT molecular complexity index is 950. The third-order valence-corrected chi connectivity index (χ3v) is 3.85. The lowest BCUT2D eigenvalue weighted by Gasteiger charge is -2.07. The van der Waals surface area contributed by atoms with Gasteiger partial charge in [0, 0.05) is 5.56 Å². The lowest BCUT2D eigenvalue weighted by molar-refractivity contribution is 0.306. The van der Waals surface area contributed by atoms with Crippen LogP contribution in [0.3, 0.4) is 0 Å². The van der Waals surface area contributed by atoms with Crippen LogP contribution in [0, 0.1) is 0 Å². The minimum absolute atomic E-state index is 0.565. The van der Waals surface area contributed by atoms with E-state index in [-0.39, 0.29) is 0 Å². The molecule has 0 radical (unpaired) electrons. The molecule has 0 saturated carbocycles. The van der Waals surface area contributed by atoms with E-state index in [0.717, 1.165) is 33.6 Å². The molecule has 3 aromatic carbocycles. The summed E-state index contributed by atoms with van der Waals surface area (Å²) in [6.45, 7) is 0.565. The quantitative estimate of drug-likeness (QED) is 0.539. The van der Waals surface area contributed by atoms with E-state index in [9.17, 15) is 0 Å². The molecule has 0 saturated heterocycles. The first-order chi connectivity index (χ1) is 11.9. The van der Waals surface area contributed by atoms with E-state index in [4.69, 9.17) is 4.74 Å². The van der Waals surface area contributed by atoms with Crippen molar-refractivity contribution in [2.75, 3.05) is 0 Å². The Hall–Kier alpha value is -3.20. The van der Waals surface area contributed by atoms with Crippen LogP contribution in [0.25, 0.3) is 22.3 Å². The Morgan fingerprint density at radius 1 is 0.708 bits per heavy atom. The molecule has 0 amide bonds. The number of rotatable bonds is 4. The highest BCUT2D eigenvalue weighted by Crippen LogP contribution is 2.22. The predicted molar refractivity (Wildman–Crippen MR) is 95.7 cm³/mol. The largest absolute Gasteiger partial charge is 0.489 e. The molecule has 4 aromatic rings. The minimum atomic E-state index is 0.565. The van der Waals surface area contributed by atoms with Gasteiger partial charge in [-0.1, -0.05) is 42.5 Å². The van der Waals surface area contributed by atoms with Crippen LogP contribution in [0.1, 0.15) is 5.56 Å². The highest BCUT2D eigenvalue weighted by molar-refractivity contribution is 5.76. The Kier molecular flexibility index (Phi) is 3.90. The fourth-order valence-electron chi connectivity index (χ4n) is 2.56. The fraction of sp³-hybridized carbons (Fsp3) is 0.0476. The average molecular weight is 312 g/mol. The fourth-order valence-corrected chi connectivity index (χ4v) is 2.56. The van der Waals surface area contributed by atoms with Gasteiger partial charge in [0.25, 0.3) is 0 Å². The maximum absolute atomic E-state index is 5.82. The van der Waals surface area contributed by atoms with Crippen LogP contribution < -0.4 is 4.74 Å². The first-order valence-electron chi connectivity index (χ1n) is 7.87. The first-order valence-corrected chi connectivity index (χ1v) is 7.87. The van der Waals surface area contributed by atoms with Crippen molar-refractivity contribution < 1.29 is 4.74 Å². The number of nitrogens with zero attached hydrogens (tertiary/aromatic N) is 2. The van der Waals surface area contributed by atoms with Gasteiger partial charge in [-0.2, -0.15) is 0 Å². The summed E-state index contributed by atoms with van der Waals surface area (Å²) in [5.41, 5.74) is 4.86. The van der Waals surface area contributed by atoms with Crippen LogP contribution in [-0.2, 0) is 6.61 Å². The highest BCUT2D eigenvalue weighted by atomic mass is 16.5. The van der Waals surface area contributed by atoms with Crippen molar-refractivity contribution in [1.82, 2.24) is 9.97 Å². The van der Waals surface area contributed by atoms with Gasteiger partial charge in [-0.25, -0.2) is 4.98 Å². The molecule has 0 atom stereocenters. The number of ether oxygens (including phenoxy) is 1. The number of fused-ring (bicyclic) bond motifs is 1. The summed E-state index contributed by atoms with van der Waals surface area (Å²) < 4.78 is 5.82. The molecule has 0 unspecified atom stereocenters. The standard InChI is InChI=1S/C21H16N2O/c1-2-6-16(7-3-1)15-24-18-12-10-17(11-13-18)21-14-22-19-8-4-5-9-20(19)23-21/h1-14H,15H2. The third kappa shape index (κ3) is 3.10. The van der Waals surface area contributed by atoms with E-state index in [1.165, 1.54) is 0 Å². The summed E-state index contributed by atoms with van der Waals surface area (Å²) in [6, 6.07) is 26.0. The van der Waals surface area contributed by atoms with Crippen LogP contribution in [-0.4, -0.2) is 9.97 Å². The Morgan fingerprint density at radius 2 is 1.42 bits per heavy atom. The van der Waals surface area contributed by atoms with E-state index in [1.807, 2.05) is 72.9 Å². The predicted octanol–water partition coefficient (Wildman–Crippen LogP) is 4.88. The van der Waals surface area contributed by atoms with E-state index in [0.29, 0.717) is 6.61 Å². The summed E-state index contributed by atoms with van der Waals surface area (Å²) in [5, 5.41) is 0. The van der Waals surface area contributed by atoms with Crippen molar-refractivity contribution in [3.05, 3.63) is 90.6 Å². The average Bonchev–Trinajstić information content (AvgIpc) is 2.67. The molecular weight excluding hydrogens is 296 g/mol. The molecule has 3 heteroatoms. The van der Waals surface area contributed by atoms with Crippen molar-refractivity contribution in [3.63, 3.8) is 0 Å². The van der Waals surface area contributed by atoms with Gasteiger partial charge in [-0.15, -0.1) is 0 Å². The molecule has 24 heavy (non-hydrogen) atoms. The second-order valence-corrected chi connectivity index (χ2v) is 5.54. The lowest BCUT2D eigenvalue weighted by atomic mass is 10.1. The van der Waals surface area contributed by atoms with Crippen LogP contribution in [0.5, 0.6) is 5.75 Å². The second-order valence-electron chi connectivity index (χ2n) is 5.54. The molecule has 116 valence electrons.